The summed E-state index contributed by atoms with van der Waals surface area (Å²) in [5.41, 5.74) is 0.0235. The summed E-state index contributed by atoms with van der Waals surface area (Å²) in [6, 6.07) is 0.0630. The molecule has 1 fully saturated rings. The Bertz CT molecular complexity index is 800. The Morgan fingerprint density at radius 1 is 1.39 bits per heavy atom. The van der Waals surface area contributed by atoms with Gasteiger partial charge in [-0.05, 0) is 19.8 Å². The van der Waals surface area contributed by atoms with Gasteiger partial charge in [0.2, 0.25) is 5.91 Å². The van der Waals surface area contributed by atoms with E-state index in [4.69, 9.17) is 0 Å². The summed E-state index contributed by atoms with van der Waals surface area (Å²) in [6.45, 7) is 8.79. The monoisotopic (exact) mass is 318 g/mol. The number of amides is 1. The Hall–Kier alpha value is -2.25. The average molecular weight is 318 g/mol. The molecule has 3 rings (SSSR count). The highest BCUT2D eigenvalue weighted by Crippen LogP contribution is 2.26. The van der Waals surface area contributed by atoms with E-state index in [1.165, 1.54) is 0 Å². The van der Waals surface area contributed by atoms with Gasteiger partial charge in [-0.25, -0.2) is 9.67 Å². The Labute approximate surface area is 133 Å². The summed E-state index contributed by atoms with van der Waals surface area (Å²) in [5.74, 6) is 0.673. The van der Waals surface area contributed by atoms with Crippen LogP contribution in [0.1, 0.15) is 39.4 Å². The molecule has 0 bridgehead atoms. The van der Waals surface area contributed by atoms with E-state index in [9.17, 15) is 9.59 Å². The number of likely N-dealkylation sites (tertiary alicyclic amines) is 1. The third-order valence-corrected chi connectivity index (χ3v) is 4.16. The van der Waals surface area contributed by atoms with Crippen LogP contribution in [0.3, 0.4) is 0 Å². The number of nitrogens with one attached hydrogen (secondary N) is 1. The molecule has 23 heavy (non-hydrogen) atoms. The lowest BCUT2D eigenvalue weighted by molar-refractivity contribution is -0.140. The molecule has 1 N–H and O–H groups in total. The predicted molar refractivity (Wildman–Crippen MR) is 84.9 cm³/mol. The second-order valence-electron chi connectivity index (χ2n) is 7.14. The van der Waals surface area contributed by atoms with Gasteiger partial charge in [0.1, 0.15) is 5.82 Å². The molecule has 1 aliphatic heterocycles. The second-order valence-corrected chi connectivity index (χ2v) is 7.14. The molecule has 1 saturated heterocycles. The maximum absolute atomic E-state index is 12.6. The Morgan fingerprint density at radius 2 is 2.13 bits per heavy atom. The van der Waals surface area contributed by atoms with Gasteiger partial charge in [0.05, 0.1) is 12.6 Å². The topological polar surface area (TPSA) is 96.8 Å². The first kappa shape index (κ1) is 15.6. The number of nitrogens with zero attached hydrogens (tertiary/aromatic N) is 5. The van der Waals surface area contributed by atoms with Gasteiger partial charge in [-0.3, -0.25) is 9.59 Å². The highest BCUT2D eigenvalue weighted by molar-refractivity contribution is 5.82. The van der Waals surface area contributed by atoms with E-state index in [1.54, 1.807) is 11.6 Å². The number of H-pyrrole nitrogens is 1. The SMILES string of the molecule is Cc1nc2c(nnn2C[C@H]2CCCN2C(=O)C(C)(C)C)c(=O)[nH]1. The van der Waals surface area contributed by atoms with Gasteiger partial charge in [0.15, 0.2) is 11.2 Å². The van der Waals surface area contributed by atoms with Gasteiger partial charge >= 0.3 is 0 Å². The van der Waals surface area contributed by atoms with Crippen molar-refractivity contribution in [1.29, 1.82) is 0 Å². The summed E-state index contributed by atoms with van der Waals surface area (Å²) in [4.78, 5) is 33.3. The molecule has 0 unspecified atom stereocenters. The third-order valence-electron chi connectivity index (χ3n) is 4.16. The molecule has 124 valence electrons. The normalized spacial score (nSPS) is 18.8. The van der Waals surface area contributed by atoms with E-state index >= 15 is 0 Å². The van der Waals surface area contributed by atoms with Crippen LogP contribution in [-0.2, 0) is 11.3 Å². The maximum Gasteiger partial charge on any atom is 0.281 e. The number of hydrogen-bond acceptors (Lipinski definition) is 5. The van der Waals surface area contributed by atoms with E-state index < -0.39 is 5.41 Å². The number of fused-ring (bicyclic) bond motifs is 1. The fraction of sp³-hybridized carbons (Fsp3) is 0.667. The van der Waals surface area contributed by atoms with Crippen LogP contribution in [-0.4, -0.2) is 48.4 Å². The first-order chi connectivity index (χ1) is 10.8. The molecule has 2 aromatic rings. The summed E-state index contributed by atoms with van der Waals surface area (Å²) in [6.07, 6.45) is 1.90. The largest absolute Gasteiger partial charge is 0.337 e. The molecule has 1 amide bonds. The van der Waals surface area contributed by atoms with Crippen LogP contribution in [0.25, 0.3) is 11.2 Å². The van der Waals surface area contributed by atoms with E-state index in [0.717, 1.165) is 19.4 Å². The van der Waals surface area contributed by atoms with Crippen molar-refractivity contribution >= 4 is 17.1 Å². The summed E-state index contributed by atoms with van der Waals surface area (Å²) in [5, 5.41) is 7.99. The average Bonchev–Trinajstić information content (AvgIpc) is 3.05. The minimum absolute atomic E-state index is 0.0630. The first-order valence-corrected chi connectivity index (χ1v) is 7.88. The quantitative estimate of drug-likeness (QED) is 0.886. The molecule has 0 aromatic carbocycles. The van der Waals surface area contributed by atoms with Gasteiger partial charge in [0, 0.05) is 12.0 Å². The number of aromatic amines is 1. The first-order valence-electron chi connectivity index (χ1n) is 7.88. The van der Waals surface area contributed by atoms with Crippen molar-refractivity contribution in [3.8, 4) is 0 Å². The highest BCUT2D eigenvalue weighted by atomic mass is 16.2. The number of hydrogen-bond donors (Lipinski definition) is 1. The van der Waals surface area contributed by atoms with Crippen molar-refractivity contribution in [2.24, 2.45) is 5.41 Å². The van der Waals surface area contributed by atoms with Crippen LogP contribution >= 0.6 is 0 Å². The smallest absolute Gasteiger partial charge is 0.281 e. The lowest BCUT2D eigenvalue weighted by Gasteiger charge is -2.30. The number of aromatic nitrogens is 5. The molecule has 8 nitrogen and oxygen atoms in total. The lowest BCUT2D eigenvalue weighted by atomic mass is 9.94. The minimum Gasteiger partial charge on any atom is -0.337 e. The van der Waals surface area contributed by atoms with Crippen LogP contribution in [0.4, 0.5) is 0 Å². The fourth-order valence-corrected chi connectivity index (χ4v) is 3.02. The van der Waals surface area contributed by atoms with Crippen LogP contribution in [0, 0.1) is 12.3 Å². The number of carbonyl (C=O) groups is 1. The van der Waals surface area contributed by atoms with Crippen molar-refractivity contribution in [2.45, 2.75) is 53.1 Å². The number of carbonyl (C=O) groups excluding carboxylic acids is 1. The van der Waals surface area contributed by atoms with Gasteiger partial charge in [-0.2, -0.15) is 0 Å². The van der Waals surface area contributed by atoms with Gasteiger partial charge in [0.25, 0.3) is 5.56 Å². The molecule has 0 saturated carbocycles. The zero-order valence-electron chi connectivity index (χ0n) is 14.0. The Balaban J connectivity index is 1.90. The van der Waals surface area contributed by atoms with E-state index in [0.29, 0.717) is 18.0 Å². The van der Waals surface area contributed by atoms with Crippen molar-refractivity contribution in [2.75, 3.05) is 6.54 Å². The molecule has 0 aliphatic carbocycles. The van der Waals surface area contributed by atoms with E-state index in [-0.39, 0.29) is 23.0 Å². The van der Waals surface area contributed by atoms with Crippen LogP contribution in [0.15, 0.2) is 4.79 Å². The third kappa shape index (κ3) is 2.85. The molecule has 0 radical (unpaired) electrons. The van der Waals surface area contributed by atoms with Gasteiger partial charge in [-0.1, -0.05) is 26.0 Å². The maximum atomic E-state index is 12.6. The molecule has 3 heterocycles. The van der Waals surface area contributed by atoms with Crippen molar-refractivity contribution < 1.29 is 4.79 Å². The second kappa shape index (κ2) is 5.43. The van der Waals surface area contributed by atoms with Crippen molar-refractivity contribution in [3.63, 3.8) is 0 Å². The highest BCUT2D eigenvalue weighted by Gasteiger charge is 2.35. The lowest BCUT2D eigenvalue weighted by Crippen LogP contribution is -2.44. The number of aryl methyl sites for hydroxylation is 1. The minimum atomic E-state index is -0.404. The van der Waals surface area contributed by atoms with Gasteiger partial charge < -0.3 is 9.88 Å². The Kier molecular flexibility index (Phi) is 3.69. The van der Waals surface area contributed by atoms with E-state index in [2.05, 4.69) is 20.3 Å². The van der Waals surface area contributed by atoms with Crippen LogP contribution < -0.4 is 5.56 Å². The summed E-state index contributed by atoms with van der Waals surface area (Å²) < 4.78 is 1.64. The van der Waals surface area contributed by atoms with Crippen LogP contribution in [0.2, 0.25) is 0 Å². The summed E-state index contributed by atoms with van der Waals surface area (Å²) >= 11 is 0. The standard InChI is InChI=1S/C15H22N6O2/c1-9-16-12-11(13(22)17-9)18-19-21(12)8-10-6-5-7-20(10)14(23)15(2,3)4/h10H,5-8H2,1-4H3,(H,16,17,22)/t10-/m1/s1. The molecule has 2 aromatic heterocycles. The molecule has 8 heteroatoms. The van der Waals surface area contributed by atoms with Crippen molar-refractivity contribution in [1.82, 2.24) is 29.9 Å². The molecule has 0 spiro atoms. The molecule has 1 aliphatic rings. The fourth-order valence-electron chi connectivity index (χ4n) is 3.02. The number of rotatable bonds is 2. The zero-order chi connectivity index (χ0) is 16.8. The summed E-state index contributed by atoms with van der Waals surface area (Å²) in [7, 11) is 0. The van der Waals surface area contributed by atoms with Gasteiger partial charge in [-0.15, -0.1) is 5.10 Å². The Morgan fingerprint density at radius 3 is 2.83 bits per heavy atom. The van der Waals surface area contributed by atoms with Crippen molar-refractivity contribution in [3.05, 3.63) is 16.2 Å². The van der Waals surface area contributed by atoms with E-state index in [1.807, 2.05) is 25.7 Å². The van der Waals surface area contributed by atoms with Crippen LogP contribution in [0.5, 0.6) is 0 Å². The predicted octanol–water partition coefficient (Wildman–Crippen LogP) is 0.860. The molecule has 1 atom stereocenters. The molecular weight excluding hydrogens is 296 g/mol. The molecular formula is C15H22N6O2. The zero-order valence-corrected chi connectivity index (χ0v) is 14.0.